The minimum absolute atomic E-state index is 0.0176. The Morgan fingerprint density at radius 2 is 2.10 bits per heavy atom. The van der Waals surface area contributed by atoms with Gasteiger partial charge in [0.05, 0.1) is 22.6 Å². The van der Waals surface area contributed by atoms with Gasteiger partial charge in [-0.3, -0.25) is 0 Å². The number of hydrogen-bond acceptors (Lipinski definition) is 4. The molecule has 0 spiro atoms. The molecule has 108 valence electrons. The van der Waals surface area contributed by atoms with Gasteiger partial charge in [0.2, 0.25) is 10.0 Å². The Balaban J connectivity index is 2.01. The van der Waals surface area contributed by atoms with E-state index in [1.165, 1.54) is 18.2 Å². The van der Waals surface area contributed by atoms with Crippen molar-refractivity contribution >= 4 is 10.0 Å². The van der Waals surface area contributed by atoms with Crippen molar-refractivity contribution in [3.8, 4) is 6.07 Å². The predicted octanol–water partition coefficient (Wildman–Crippen LogP) is 1.39. The zero-order valence-corrected chi connectivity index (χ0v) is 11.9. The first-order valence-electron chi connectivity index (χ1n) is 6.71. The van der Waals surface area contributed by atoms with Crippen LogP contribution in [0.1, 0.15) is 31.2 Å². The number of hydrogen-bond donors (Lipinski definition) is 2. The first-order chi connectivity index (χ1) is 9.53. The van der Waals surface area contributed by atoms with Crippen LogP contribution in [0.4, 0.5) is 0 Å². The van der Waals surface area contributed by atoms with E-state index in [-0.39, 0.29) is 17.4 Å². The molecule has 1 saturated carbocycles. The lowest BCUT2D eigenvalue weighted by Gasteiger charge is -2.18. The number of rotatable bonds is 5. The number of benzene rings is 1. The fourth-order valence-corrected chi connectivity index (χ4v) is 3.62. The van der Waals surface area contributed by atoms with E-state index in [2.05, 4.69) is 4.72 Å². The van der Waals surface area contributed by atoms with Crippen molar-refractivity contribution < 1.29 is 13.5 Å². The summed E-state index contributed by atoms with van der Waals surface area (Å²) >= 11 is 0. The normalized spacial score (nSPS) is 17.8. The van der Waals surface area contributed by atoms with Crippen molar-refractivity contribution in [1.29, 1.82) is 5.26 Å². The van der Waals surface area contributed by atoms with Crippen molar-refractivity contribution in [2.75, 3.05) is 6.54 Å². The first-order valence-corrected chi connectivity index (χ1v) is 8.19. The summed E-state index contributed by atoms with van der Waals surface area (Å²) in [6.07, 6.45) is 3.45. The number of nitrogens with one attached hydrogen (secondary N) is 1. The van der Waals surface area contributed by atoms with Crippen LogP contribution in [0.5, 0.6) is 0 Å². The molecule has 1 fully saturated rings. The highest BCUT2D eigenvalue weighted by molar-refractivity contribution is 7.89. The van der Waals surface area contributed by atoms with Gasteiger partial charge in [-0.15, -0.1) is 0 Å². The van der Waals surface area contributed by atoms with Crippen molar-refractivity contribution in [2.24, 2.45) is 5.92 Å². The Hall–Kier alpha value is -1.42. The van der Waals surface area contributed by atoms with Gasteiger partial charge in [0.25, 0.3) is 0 Å². The zero-order valence-electron chi connectivity index (χ0n) is 11.1. The van der Waals surface area contributed by atoms with Crippen LogP contribution in [0, 0.1) is 17.2 Å². The van der Waals surface area contributed by atoms with Crippen LogP contribution in [0.15, 0.2) is 29.2 Å². The van der Waals surface area contributed by atoms with E-state index in [1.54, 1.807) is 6.07 Å². The highest BCUT2D eigenvalue weighted by Crippen LogP contribution is 2.27. The third-order valence-electron chi connectivity index (χ3n) is 3.70. The van der Waals surface area contributed by atoms with E-state index in [0.717, 1.165) is 25.7 Å². The molecule has 0 aromatic heterocycles. The topological polar surface area (TPSA) is 90.2 Å². The predicted molar refractivity (Wildman–Crippen MR) is 74.3 cm³/mol. The molecular weight excluding hydrogens is 276 g/mol. The monoisotopic (exact) mass is 294 g/mol. The molecule has 1 aromatic rings. The molecule has 1 aromatic carbocycles. The van der Waals surface area contributed by atoms with Gasteiger partial charge in [-0.1, -0.05) is 18.9 Å². The molecule has 2 N–H and O–H groups in total. The molecule has 0 aliphatic heterocycles. The summed E-state index contributed by atoms with van der Waals surface area (Å²) in [5.74, 6) is 0.183. The Bertz CT molecular complexity index is 601. The summed E-state index contributed by atoms with van der Waals surface area (Å²) < 4.78 is 26.6. The van der Waals surface area contributed by atoms with Gasteiger partial charge in [-0.05, 0) is 37.0 Å². The molecule has 0 saturated heterocycles. The van der Waals surface area contributed by atoms with E-state index in [1.807, 2.05) is 6.07 Å². The number of nitrogens with zero attached hydrogens (tertiary/aromatic N) is 1. The second kappa shape index (κ2) is 6.35. The van der Waals surface area contributed by atoms with E-state index < -0.39 is 16.1 Å². The lowest BCUT2D eigenvalue weighted by molar-refractivity contribution is 0.115. The number of aliphatic hydroxyl groups excluding tert-OH is 1. The highest BCUT2D eigenvalue weighted by Gasteiger charge is 2.25. The van der Waals surface area contributed by atoms with Crippen LogP contribution in [0.2, 0.25) is 0 Å². The summed E-state index contributed by atoms with van der Waals surface area (Å²) in [4.78, 5) is 0.0511. The molecule has 1 unspecified atom stereocenters. The molecule has 0 radical (unpaired) electrons. The molecule has 0 bridgehead atoms. The zero-order chi connectivity index (χ0) is 14.6. The van der Waals surface area contributed by atoms with Crippen molar-refractivity contribution in [3.05, 3.63) is 29.8 Å². The minimum Gasteiger partial charge on any atom is -0.391 e. The third kappa shape index (κ3) is 3.57. The maximum Gasteiger partial charge on any atom is 0.240 e. The van der Waals surface area contributed by atoms with Crippen LogP contribution in [0.25, 0.3) is 0 Å². The molecule has 0 heterocycles. The van der Waals surface area contributed by atoms with Gasteiger partial charge in [0, 0.05) is 6.54 Å². The van der Waals surface area contributed by atoms with Crippen molar-refractivity contribution in [2.45, 2.75) is 36.7 Å². The van der Waals surface area contributed by atoms with Crippen molar-refractivity contribution in [3.63, 3.8) is 0 Å². The number of sulfonamides is 1. The number of aliphatic hydroxyl groups is 1. The van der Waals surface area contributed by atoms with Crippen molar-refractivity contribution in [1.82, 2.24) is 4.72 Å². The van der Waals surface area contributed by atoms with Crippen LogP contribution < -0.4 is 4.72 Å². The lowest BCUT2D eigenvalue weighted by atomic mass is 10.0. The quantitative estimate of drug-likeness (QED) is 0.858. The molecule has 1 aliphatic carbocycles. The third-order valence-corrected chi connectivity index (χ3v) is 5.12. The Morgan fingerprint density at radius 3 is 2.75 bits per heavy atom. The molecule has 1 aliphatic rings. The van der Waals surface area contributed by atoms with E-state index in [4.69, 9.17) is 5.26 Å². The smallest absolute Gasteiger partial charge is 0.240 e. The minimum atomic E-state index is -3.68. The molecule has 2 rings (SSSR count). The van der Waals surface area contributed by atoms with Gasteiger partial charge in [-0.25, -0.2) is 13.1 Å². The average Bonchev–Trinajstić information content (AvgIpc) is 2.99. The highest BCUT2D eigenvalue weighted by atomic mass is 32.2. The fraction of sp³-hybridized carbons (Fsp3) is 0.500. The van der Waals surface area contributed by atoms with Crippen LogP contribution in [-0.2, 0) is 10.0 Å². The van der Waals surface area contributed by atoms with Crippen LogP contribution in [-0.4, -0.2) is 26.2 Å². The first kappa shape index (κ1) is 15.0. The molecule has 5 nitrogen and oxygen atoms in total. The molecule has 0 amide bonds. The van der Waals surface area contributed by atoms with E-state index >= 15 is 0 Å². The van der Waals surface area contributed by atoms with Gasteiger partial charge in [0.1, 0.15) is 0 Å². The van der Waals surface area contributed by atoms with Crippen LogP contribution >= 0.6 is 0 Å². The second-order valence-electron chi connectivity index (χ2n) is 5.10. The fourth-order valence-electron chi connectivity index (χ4n) is 2.52. The lowest BCUT2D eigenvalue weighted by Crippen LogP contribution is -2.35. The number of nitriles is 1. The summed E-state index contributed by atoms with van der Waals surface area (Å²) in [5, 5.41) is 18.8. The van der Waals surface area contributed by atoms with Gasteiger partial charge < -0.3 is 5.11 Å². The second-order valence-corrected chi connectivity index (χ2v) is 6.87. The summed E-state index contributed by atoms with van der Waals surface area (Å²) in [7, 11) is -3.68. The Kier molecular flexibility index (Phi) is 4.76. The average molecular weight is 294 g/mol. The summed E-state index contributed by atoms with van der Waals surface area (Å²) in [6.45, 7) is 0.0176. The molecular formula is C14H18N2O3S. The standard InChI is InChI=1S/C14H18N2O3S/c15-9-11-4-3-7-13(8-11)20(18,19)16-10-14(17)12-5-1-2-6-12/h3-4,7-8,12,14,16-17H,1-2,5-6,10H2. The largest absolute Gasteiger partial charge is 0.391 e. The Labute approximate surface area is 119 Å². The van der Waals surface area contributed by atoms with E-state index in [0.29, 0.717) is 5.56 Å². The van der Waals surface area contributed by atoms with Gasteiger partial charge in [-0.2, -0.15) is 5.26 Å². The molecule has 20 heavy (non-hydrogen) atoms. The Morgan fingerprint density at radius 1 is 1.40 bits per heavy atom. The van der Waals surface area contributed by atoms with Gasteiger partial charge in [0.15, 0.2) is 0 Å². The van der Waals surface area contributed by atoms with Gasteiger partial charge >= 0.3 is 0 Å². The van der Waals surface area contributed by atoms with Crippen LogP contribution in [0.3, 0.4) is 0 Å². The maximum absolute atomic E-state index is 12.1. The summed E-state index contributed by atoms with van der Waals surface area (Å²) in [6, 6.07) is 7.74. The SMILES string of the molecule is N#Cc1cccc(S(=O)(=O)NCC(O)C2CCCC2)c1. The maximum atomic E-state index is 12.1. The van der Waals surface area contributed by atoms with E-state index in [9.17, 15) is 13.5 Å². The summed E-state index contributed by atoms with van der Waals surface area (Å²) in [5.41, 5.74) is 0.296. The molecule has 1 atom stereocenters. The molecule has 6 heteroatoms.